The summed E-state index contributed by atoms with van der Waals surface area (Å²) >= 11 is 0. The Morgan fingerprint density at radius 1 is 1.32 bits per heavy atom. The van der Waals surface area contributed by atoms with Crippen molar-refractivity contribution in [1.82, 2.24) is 0 Å². The topological polar surface area (TPSA) is 42.4 Å². The summed E-state index contributed by atoms with van der Waals surface area (Å²) in [6.07, 6.45) is 3.58. The first-order valence-electron chi connectivity index (χ1n) is 6.18. The molecule has 1 aliphatic carbocycles. The van der Waals surface area contributed by atoms with Crippen LogP contribution in [-0.2, 0) is 6.54 Å². The fourth-order valence-electron chi connectivity index (χ4n) is 2.18. The van der Waals surface area contributed by atoms with Crippen LogP contribution in [0.1, 0.15) is 18.6 Å². The molecule has 2 aromatic rings. The molecule has 0 spiro atoms. The van der Waals surface area contributed by atoms with E-state index in [4.69, 9.17) is 10.2 Å². The molecule has 5 heteroatoms. The van der Waals surface area contributed by atoms with Crippen molar-refractivity contribution in [2.75, 3.05) is 10.6 Å². The fourth-order valence-corrected chi connectivity index (χ4v) is 2.18. The van der Waals surface area contributed by atoms with Gasteiger partial charge in [-0.15, -0.1) is 0 Å². The minimum absolute atomic E-state index is 0.0140. The third-order valence-corrected chi connectivity index (χ3v) is 3.28. The highest BCUT2D eigenvalue weighted by atomic mass is 19.1. The monoisotopic (exact) mass is 264 g/mol. The molecule has 0 radical (unpaired) electrons. The minimum atomic E-state index is -0.722. The Labute approximate surface area is 109 Å². The third kappa shape index (κ3) is 2.41. The van der Waals surface area contributed by atoms with Crippen LogP contribution >= 0.6 is 0 Å². The van der Waals surface area contributed by atoms with Crippen LogP contribution in [0.25, 0.3) is 0 Å². The summed E-state index contributed by atoms with van der Waals surface area (Å²) in [6, 6.07) is 5.97. The number of hydrogen-bond donors (Lipinski definition) is 1. The Morgan fingerprint density at radius 3 is 2.74 bits per heavy atom. The molecule has 0 bridgehead atoms. The molecule has 3 nitrogen and oxygen atoms in total. The summed E-state index contributed by atoms with van der Waals surface area (Å²) in [5, 5.41) is 0. The van der Waals surface area contributed by atoms with Gasteiger partial charge in [-0.3, -0.25) is 0 Å². The average Bonchev–Trinajstić information content (AvgIpc) is 3.09. The summed E-state index contributed by atoms with van der Waals surface area (Å²) in [5.74, 6) is -0.595. The Hall–Kier alpha value is -2.04. The van der Waals surface area contributed by atoms with E-state index in [1.54, 1.807) is 12.3 Å². The zero-order valence-corrected chi connectivity index (χ0v) is 10.3. The van der Waals surface area contributed by atoms with E-state index >= 15 is 0 Å². The number of rotatable bonds is 4. The number of nitrogens with zero attached hydrogens (tertiary/aromatic N) is 1. The smallest absolute Gasteiger partial charge is 0.151 e. The number of halogens is 2. The molecule has 1 saturated carbocycles. The first-order chi connectivity index (χ1) is 9.15. The van der Waals surface area contributed by atoms with Gasteiger partial charge in [0, 0.05) is 12.1 Å². The van der Waals surface area contributed by atoms with Gasteiger partial charge in [-0.05, 0) is 31.0 Å². The van der Waals surface area contributed by atoms with Crippen molar-refractivity contribution in [3.63, 3.8) is 0 Å². The number of benzene rings is 1. The quantitative estimate of drug-likeness (QED) is 0.861. The minimum Gasteiger partial charge on any atom is -0.467 e. The van der Waals surface area contributed by atoms with Gasteiger partial charge in [-0.1, -0.05) is 0 Å². The summed E-state index contributed by atoms with van der Waals surface area (Å²) in [5.41, 5.74) is 6.12. The Morgan fingerprint density at radius 2 is 2.11 bits per heavy atom. The van der Waals surface area contributed by atoms with Gasteiger partial charge in [-0.25, -0.2) is 8.78 Å². The van der Waals surface area contributed by atoms with E-state index in [9.17, 15) is 8.78 Å². The first kappa shape index (κ1) is 12.0. The summed E-state index contributed by atoms with van der Waals surface area (Å²) in [6.45, 7) is 0.463. The molecule has 0 amide bonds. The molecule has 1 aromatic carbocycles. The molecule has 1 aromatic heterocycles. The predicted molar refractivity (Wildman–Crippen MR) is 68.7 cm³/mol. The van der Waals surface area contributed by atoms with E-state index in [2.05, 4.69) is 0 Å². The standard InChI is InChI=1S/C14H14F2N2O/c15-9-6-12(16)14(17)13(7-9)18(10-3-4-10)8-11-2-1-5-19-11/h1-2,5-7,10H,3-4,8,17H2. The highest BCUT2D eigenvalue weighted by molar-refractivity contribution is 5.69. The Bertz CT molecular complexity index is 579. The second-order valence-electron chi connectivity index (χ2n) is 4.76. The van der Waals surface area contributed by atoms with Crippen molar-refractivity contribution in [3.8, 4) is 0 Å². The number of anilines is 2. The largest absolute Gasteiger partial charge is 0.467 e. The zero-order chi connectivity index (χ0) is 13.4. The highest BCUT2D eigenvalue weighted by Crippen LogP contribution is 2.37. The van der Waals surface area contributed by atoms with E-state index in [1.807, 2.05) is 11.0 Å². The molecule has 19 heavy (non-hydrogen) atoms. The van der Waals surface area contributed by atoms with Gasteiger partial charge >= 0.3 is 0 Å². The number of hydrogen-bond acceptors (Lipinski definition) is 3. The van der Waals surface area contributed by atoms with Crippen molar-refractivity contribution in [1.29, 1.82) is 0 Å². The van der Waals surface area contributed by atoms with Crippen LogP contribution in [0.4, 0.5) is 20.2 Å². The lowest BCUT2D eigenvalue weighted by atomic mass is 10.2. The number of nitrogen functional groups attached to an aromatic ring is 1. The van der Waals surface area contributed by atoms with Gasteiger partial charge in [0.05, 0.1) is 24.2 Å². The maximum absolute atomic E-state index is 13.5. The molecule has 1 heterocycles. The molecular formula is C14H14F2N2O. The van der Waals surface area contributed by atoms with Crippen molar-refractivity contribution in [2.45, 2.75) is 25.4 Å². The van der Waals surface area contributed by atoms with E-state index < -0.39 is 11.6 Å². The van der Waals surface area contributed by atoms with Crippen LogP contribution in [0, 0.1) is 11.6 Å². The lowest BCUT2D eigenvalue weighted by Gasteiger charge is -2.25. The number of furan rings is 1. The average molecular weight is 264 g/mol. The van der Waals surface area contributed by atoms with Crippen LogP contribution < -0.4 is 10.6 Å². The Balaban J connectivity index is 1.96. The van der Waals surface area contributed by atoms with E-state index in [-0.39, 0.29) is 11.7 Å². The van der Waals surface area contributed by atoms with Crippen LogP contribution in [0.2, 0.25) is 0 Å². The molecule has 0 saturated heterocycles. The second-order valence-corrected chi connectivity index (χ2v) is 4.76. The van der Waals surface area contributed by atoms with Crippen molar-refractivity contribution in [3.05, 3.63) is 47.9 Å². The zero-order valence-electron chi connectivity index (χ0n) is 10.3. The van der Waals surface area contributed by atoms with E-state index in [0.717, 1.165) is 24.7 Å². The van der Waals surface area contributed by atoms with Gasteiger partial charge < -0.3 is 15.1 Å². The maximum Gasteiger partial charge on any atom is 0.151 e. The van der Waals surface area contributed by atoms with E-state index in [0.29, 0.717) is 12.2 Å². The first-order valence-corrected chi connectivity index (χ1v) is 6.18. The second kappa shape index (κ2) is 4.57. The molecule has 1 aliphatic rings. The van der Waals surface area contributed by atoms with Crippen LogP contribution in [0.15, 0.2) is 34.9 Å². The van der Waals surface area contributed by atoms with Crippen molar-refractivity contribution >= 4 is 11.4 Å². The Kier molecular flexibility index (Phi) is 2.89. The normalized spacial score (nSPS) is 14.6. The van der Waals surface area contributed by atoms with Crippen molar-refractivity contribution in [2.24, 2.45) is 0 Å². The van der Waals surface area contributed by atoms with Crippen LogP contribution in [0.3, 0.4) is 0 Å². The molecule has 0 aliphatic heterocycles. The maximum atomic E-state index is 13.5. The SMILES string of the molecule is Nc1c(F)cc(F)cc1N(Cc1ccco1)C1CC1. The van der Waals surface area contributed by atoms with Crippen molar-refractivity contribution < 1.29 is 13.2 Å². The fraction of sp³-hybridized carbons (Fsp3) is 0.286. The van der Waals surface area contributed by atoms with Gasteiger partial charge in [0.1, 0.15) is 11.6 Å². The van der Waals surface area contributed by atoms with Gasteiger partial charge in [0.15, 0.2) is 5.82 Å². The van der Waals surface area contributed by atoms with Gasteiger partial charge in [0.2, 0.25) is 0 Å². The van der Waals surface area contributed by atoms with E-state index in [1.165, 1.54) is 6.07 Å². The highest BCUT2D eigenvalue weighted by Gasteiger charge is 2.31. The molecule has 0 atom stereocenters. The lowest BCUT2D eigenvalue weighted by Crippen LogP contribution is -2.26. The lowest BCUT2D eigenvalue weighted by molar-refractivity contribution is 0.500. The molecular weight excluding hydrogens is 250 g/mol. The summed E-state index contributed by atoms with van der Waals surface area (Å²) in [4.78, 5) is 1.90. The number of nitrogens with two attached hydrogens (primary N) is 1. The summed E-state index contributed by atoms with van der Waals surface area (Å²) < 4.78 is 32.2. The van der Waals surface area contributed by atoms with Gasteiger partial charge in [-0.2, -0.15) is 0 Å². The van der Waals surface area contributed by atoms with Gasteiger partial charge in [0.25, 0.3) is 0 Å². The molecule has 1 fully saturated rings. The molecule has 2 N–H and O–H groups in total. The third-order valence-electron chi connectivity index (χ3n) is 3.28. The van der Waals surface area contributed by atoms with Crippen LogP contribution in [0.5, 0.6) is 0 Å². The summed E-state index contributed by atoms with van der Waals surface area (Å²) in [7, 11) is 0. The van der Waals surface area contributed by atoms with Crippen LogP contribution in [-0.4, -0.2) is 6.04 Å². The molecule has 0 unspecified atom stereocenters. The molecule has 100 valence electrons. The molecule has 3 rings (SSSR count). The predicted octanol–water partition coefficient (Wildman–Crippen LogP) is 3.31.